The highest BCUT2D eigenvalue weighted by atomic mass is 16.5. The Morgan fingerprint density at radius 1 is 1.53 bits per heavy atom. The van der Waals surface area contributed by atoms with Gasteiger partial charge in [-0.05, 0) is 26.6 Å². The van der Waals surface area contributed by atoms with Gasteiger partial charge in [0.15, 0.2) is 0 Å². The first kappa shape index (κ1) is 12.9. The van der Waals surface area contributed by atoms with E-state index in [1.807, 2.05) is 0 Å². The third-order valence-electron chi connectivity index (χ3n) is 3.05. The number of rotatable bonds is 6. The molecule has 4 heteroatoms. The van der Waals surface area contributed by atoms with Crippen LogP contribution in [0.1, 0.15) is 13.3 Å². The third kappa shape index (κ3) is 4.93. The Morgan fingerprint density at radius 3 is 3.00 bits per heavy atom. The zero-order valence-corrected chi connectivity index (χ0v) is 10.1. The summed E-state index contributed by atoms with van der Waals surface area (Å²) in [5.41, 5.74) is 5.54. The summed E-state index contributed by atoms with van der Waals surface area (Å²) >= 11 is 0. The first-order valence-corrected chi connectivity index (χ1v) is 5.98. The molecule has 0 bridgehead atoms. The first-order chi connectivity index (χ1) is 7.26. The fourth-order valence-corrected chi connectivity index (χ4v) is 1.81. The monoisotopic (exact) mass is 215 g/mol. The molecular formula is C11H25N3O. The maximum atomic E-state index is 5.65. The highest BCUT2D eigenvalue weighted by molar-refractivity contribution is 4.72. The molecule has 15 heavy (non-hydrogen) atoms. The van der Waals surface area contributed by atoms with Gasteiger partial charge in [-0.1, -0.05) is 6.92 Å². The molecule has 1 atom stereocenters. The van der Waals surface area contributed by atoms with Crippen LogP contribution in [-0.2, 0) is 4.74 Å². The smallest absolute Gasteiger partial charge is 0.0714 e. The normalized spacial score (nSPS) is 23.6. The molecule has 0 aromatic carbocycles. The summed E-state index contributed by atoms with van der Waals surface area (Å²) in [6.45, 7) is 9.31. The second-order valence-electron chi connectivity index (χ2n) is 4.27. The fourth-order valence-electron chi connectivity index (χ4n) is 1.81. The van der Waals surface area contributed by atoms with Gasteiger partial charge in [0, 0.05) is 26.2 Å². The molecule has 4 nitrogen and oxygen atoms in total. The number of hydrogen-bond donors (Lipinski definition) is 1. The third-order valence-corrected chi connectivity index (χ3v) is 3.05. The van der Waals surface area contributed by atoms with Gasteiger partial charge < -0.3 is 15.4 Å². The predicted molar refractivity (Wildman–Crippen MR) is 63.0 cm³/mol. The molecule has 1 heterocycles. The van der Waals surface area contributed by atoms with Crippen molar-refractivity contribution in [3.63, 3.8) is 0 Å². The van der Waals surface area contributed by atoms with Crippen molar-refractivity contribution in [3.8, 4) is 0 Å². The Labute approximate surface area is 93.4 Å². The van der Waals surface area contributed by atoms with Gasteiger partial charge in [0.2, 0.25) is 0 Å². The molecule has 0 spiro atoms. The molecule has 2 N–H and O–H groups in total. The summed E-state index contributed by atoms with van der Waals surface area (Å²) in [5.74, 6) is 0. The SMILES string of the molecule is CCN(C)CCN1CCOC(CCN)C1. The van der Waals surface area contributed by atoms with E-state index in [4.69, 9.17) is 10.5 Å². The van der Waals surface area contributed by atoms with Gasteiger partial charge in [-0.15, -0.1) is 0 Å². The van der Waals surface area contributed by atoms with Gasteiger partial charge >= 0.3 is 0 Å². The molecule has 1 unspecified atom stereocenters. The molecule has 90 valence electrons. The van der Waals surface area contributed by atoms with E-state index in [0.717, 1.165) is 52.3 Å². The molecule has 1 saturated heterocycles. The van der Waals surface area contributed by atoms with Crippen LogP contribution in [0, 0.1) is 0 Å². The van der Waals surface area contributed by atoms with Crippen molar-refractivity contribution in [1.29, 1.82) is 0 Å². The molecule has 1 fully saturated rings. The Kier molecular flexibility index (Phi) is 6.17. The van der Waals surface area contributed by atoms with Crippen LogP contribution in [-0.4, -0.2) is 68.8 Å². The number of ether oxygens (including phenoxy) is 1. The standard InChI is InChI=1S/C11H25N3O/c1-3-13(2)6-7-14-8-9-15-11(10-14)4-5-12/h11H,3-10,12H2,1-2H3. The molecule has 0 radical (unpaired) electrons. The predicted octanol–water partition coefficient (Wildman–Crippen LogP) is -0.0123. The summed E-state index contributed by atoms with van der Waals surface area (Å²) in [5, 5.41) is 0. The average molecular weight is 215 g/mol. The second kappa shape index (κ2) is 7.17. The van der Waals surface area contributed by atoms with Crippen molar-refractivity contribution in [2.45, 2.75) is 19.4 Å². The van der Waals surface area contributed by atoms with Crippen LogP contribution in [0.15, 0.2) is 0 Å². The minimum absolute atomic E-state index is 0.357. The van der Waals surface area contributed by atoms with Crippen molar-refractivity contribution in [3.05, 3.63) is 0 Å². The van der Waals surface area contributed by atoms with E-state index < -0.39 is 0 Å². The summed E-state index contributed by atoms with van der Waals surface area (Å²) < 4.78 is 5.65. The van der Waals surface area contributed by atoms with Crippen LogP contribution in [0.5, 0.6) is 0 Å². The van der Waals surface area contributed by atoms with Crippen molar-refractivity contribution in [2.75, 3.05) is 52.9 Å². The van der Waals surface area contributed by atoms with E-state index in [2.05, 4.69) is 23.8 Å². The quantitative estimate of drug-likeness (QED) is 0.676. The van der Waals surface area contributed by atoms with Crippen molar-refractivity contribution in [1.82, 2.24) is 9.80 Å². The van der Waals surface area contributed by atoms with Crippen molar-refractivity contribution >= 4 is 0 Å². The van der Waals surface area contributed by atoms with E-state index >= 15 is 0 Å². The lowest BCUT2D eigenvalue weighted by molar-refractivity contribution is -0.0321. The molecule has 0 aromatic heterocycles. The largest absolute Gasteiger partial charge is 0.376 e. The molecule has 1 aliphatic heterocycles. The second-order valence-corrected chi connectivity index (χ2v) is 4.27. The molecule has 1 aliphatic rings. The van der Waals surface area contributed by atoms with Gasteiger partial charge in [0.25, 0.3) is 0 Å². The lowest BCUT2D eigenvalue weighted by Gasteiger charge is -2.33. The van der Waals surface area contributed by atoms with Crippen LogP contribution < -0.4 is 5.73 Å². The van der Waals surface area contributed by atoms with E-state index in [9.17, 15) is 0 Å². The van der Waals surface area contributed by atoms with Gasteiger partial charge in [-0.25, -0.2) is 0 Å². The molecule has 0 aliphatic carbocycles. The summed E-state index contributed by atoms with van der Waals surface area (Å²) in [4.78, 5) is 4.82. The maximum Gasteiger partial charge on any atom is 0.0714 e. The van der Waals surface area contributed by atoms with Crippen molar-refractivity contribution < 1.29 is 4.74 Å². The minimum Gasteiger partial charge on any atom is -0.376 e. The number of hydrogen-bond acceptors (Lipinski definition) is 4. The van der Waals surface area contributed by atoms with Gasteiger partial charge in [0.1, 0.15) is 0 Å². The zero-order chi connectivity index (χ0) is 11.1. The molecule has 1 rings (SSSR count). The summed E-state index contributed by atoms with van der Waals surface area (Å²) in [6.07, 6.45) is 1.34. The highest BCUT2D eigenvalue weighted by Gasteiger charge is 2.19. The average Bonchev–Trinajstić information content (AvgIpc) is 2.27. The lowest BCUT2D eigenvalue weighted by atomic mass is 10.2. The summed E-state index contributed by atoms with van der Waals surface area (Å²) in [6, 6.07) is 0. The van der Waals surface area contributed by atoms with E-state index in [1.165, 1.54) is 0 Å². The van der Waals surface area contributed by atoms with E-state index in [1.54, 1.807) is 0 Å². The van der Waals surface area contributed by atoms with Crippen LogP contribution in [0.2, 0.25) is 0 Å². The number of nitrogens with two attached hydrogens (primary N) is 1. The van der Waals surface area contributed by atoms with Crippen LogP contribution in [0.3, 0.4) is 0 Å². The zero-order valence-electron chi connectivity index (χ0n) is 10.1. The Balaban J connectivity index is 2.18. The molecule has 0 amide bonds. The Hall–Kier alpha value is -0.160. The van der Waals surface area contributed by atoms with Crippen LogP contribution in [0.25, 0.3) is 0 Å². The number of morpholine rings is 1. The topological polar surface area (TPSA) is 41.7 Å². The van der Waals surface area contributed by atoms with Crippen LogP contribution >= 0.6 is 0 Å². The summed E-state index contributed by atoms with van der Waals surface area (Å²) in [7, 11) is 2.16. The fraction of sp³-hybridized carbons (Fsp3) is 1.00. The van der Waals surface area contributed by atoms with Gasteiger partial charge in [-0.2, -0.15) is 0 Å². The number of likely N-dealkylation sites (N-methyl/N-ethyl adjacent to an activating group) is 1. The molecular weight excluding hydrogens is 190 g/mol. The maximum absolute atomic E-state index is 5.65. The minimum atomic E-state index is 0.357. The van der Waals surface area contributed by atoms with Gasteiger partial charge in [0.05, 0.1) is 12.7 Å². The highest BCUT2D eigenvalue weighted by Crippen LogP contribution is 2.07. The number of nitrogens with zero attached hydrogens (tertiary/aromatic N) is 2. The van der Waals surface area contributed by atoms with Gasteiger partial charge in [-0.3, -0.25) is 4.90 Å². The molecule has 0 saturated carbocycles. The Bertz CT molecular complexity index is 164. The Morgan fingerprint density at radius 2 is 2.33 bits per heavy atom. The first-order valence-electron chi connectivity index (χ1n) is 5.98. The lowest BCUT2D eigenvalue weighted by Crippen LogP contribution is -2.45. The van der Waals surface area contributed by atoms with E-state index in [0.29, 0.717) is 6.10 Å². The van der Waals surface area contributed by atoms with Crippen molar-refractivity contribution in [2.24, 2.45) is 5.73 Å². The van der Waals surface area contributed by atoms with Crippen LogP contribution in [0.4, 0.5) is 0 Å². The van der Waals surface area contributed by atoms with E-state index in [-0.39, 0.29) is 0 Å². The molecule has 0 aromatic rings.